The summed E-state index contributed by atoms with van der Waals surface area (Å²) in [6.07, 6.45) is 1.54. The summed E-state index contributed by atoms with van der Waals surface area (Å²) < 4.78 is 7.20. The van der Waals surface area contributed by atoms with Crippen LogP contribution in [0.15, 0.2) is 52.1 Å². The Morgan fingerprint density at radius 3 is 2.59 bits per heavy atom. The van der Waals surface area contributed by atoms with Crippen molar-refractivity contribution in [3.05, 3.63) is 52.5 Å². The predicted molar refractivity (Wildman–Crippen MR) is 113 cm³/mol. The fourth-order valence-corrected chi connectivity index (χ4v) is 3.51. The Morgan fingerprint density at radius 2 is 1.89 bits per heavy atom. The Bertz CT molecular complexity index is 980. The number of anilines is 2. The molecule has 0 bridgehead atoms. The fraction of sp³-hybridized carbons (Fsp3) is 0.211. The summed E-state index contributed by atoms with van der Waals surface area (Å²) in [6, 6.07) is 14.2. The molecule has 4 rings (SSSR count). The summed E-state index contributed by atoms with van der Waals surface area (Å²) in [6.45, 7) is 0. The Balaban J connectivity index is 1.81. The van der Waals surface area contributed by atoms with Gasteiger partial charge in [0, 0.05) is 41.1 Å². The lowest BCUT2D eigenvalue weighted by Gasteiger charge is -2.20. The molecule has 1 aliphatic heterocycles. The highest BCUT2D eigenvalue weighted by molar-refractivity contribution is 9.10. The van der Waals surface area contributed by atoms with Gasteiger partial charge in [0.25, 0.3) is 0 Å². The molecular formula is C19H18BrN5OS. The van der Waals surface area contributed by atoms with Gasteiger partial charge in [-0.1, -0.05) is 39.8 Å². The molecule has 138 valence electrons. The van der Waals surface area contributed by atoms with E-state index in [1.165, 1.54) is 11.8 Å². The molecule has 0 saturated carbocycles. The van der Waals surface area contributed by atoms with E-state index >= 15 is 0 Å². The minimum absolute atomic E-state index is 0.381. The maximum absolute atomic E-state index is 6.24. The number of ether oxygens (including phenoxy) is 1. The lowest BCUT2D eigenvalue weighted by atomic mass is 10.1. The molecule has 27 heavy (non-hydrogen) atoms. The van der Waals surface area contributed by atoms with Crippen LogP contribution in [0.25, 0.3) is 11.3 Å². The van der Waals surface area contributed by atoms with Gasteiger partial charge in [-0.05, 0) is 36.6 Å². The van der Waals surface area contributed by atoms with Crippen LogP contribution >= 0.6 is 27.7 Å². The number of nitrogens with one attached hydrogen (secondary N) is 1. The molecule has 0 unspecified atom stereocenters. The van der Waals surface area contributed by atoms with Gasteiger partial charge in [0.15, 0.2) is 11.9 Å². The molecule has 0 radical (unpaired) electrons. The fourth-order valence-electron chi connectivity index (χ4n) is 2.85. The average molecular weight is 444 g/mol. The first-order valence-corrected chi connectivity index (χ1v) is 10.4. The SMILES string of the molecule is CSc1nnc2c(n1)O[C@@H](c1ccc(N(C)C)cc1)Nc1ccc(Br)cc1-2. The van der Waals surface area contributed by atoms with Gasteiger partial charge in [0.1, 0.15) is 0 Å². The van der Waals surface area contributed by atoms with Crippen LogP contribution in [-0.2, 0) is 0 Å². The van der Waals surface area contributed by atoms with Gasteiger partial charge in [-0.3, -0.25) is 0 Å². The molecule has 3 aromatic rings. The third kappa shape index (κ3) is 3.59. The van der Waals surface area contributed by atoms with Crippen molar-refractivity contribution < 1.29 is 4.74 Å². The molecule has 0 fully saturated rings. The lowest BCUT2D eigenvalue weighted by molar-refractivity contribution is 0.225. The molecule has 0 spiro atoms. The number of thioether (sulfide) groups is 1. The van der Waals surface area contributed by atoms with E-state index < -0.39 is 0 Å². The standard InChI is InChI=1S/C19H18BrN5OS/c1-25(2)13-7-4-11(5-8-13)17-21-15-9-6-12(20)10-14(15)16-18(26-17)22-19(27-3)24-23-16/h4-10,17,21H,1-3H3/t17-/m0/s1. The summed E-state index contributed by atoms with van der Waals surface area (Å²) in [4.78, 5) is 6.61. The minimum atomic E-state index is -0.381. The normalized spacial score (nSPS) is 15.0. The molecule has 0 saturated heterocycles. The number of aromatic nitrogens is 3. The van der Waals surface area contributed by atoms with E-state index in [9.17, 15) is 0 Å². The van der Waals surface area contributed by atoms with E-state index in [-0.39, 0.29) is 6.23 Å². The van der Waals surface area contributed by atoms with Gasteiger partial charge < -0.3 is 15.0 Å². The van der Waals surface area contributed by atoms with Crippen molar-refractivity contribution >= 4 is 39.1 Å². The van der Waals surface area contributed by atoms with Crippen LogP contribution in [0.4, 0.5) is 11.4 Å². The quantitative estimate of drug-likeness (QED) is 0.593. The molecule has 1 atom stereocenters. The summed E-state index contributed by atoms with van der Waals surface area (Å²) >= 11 is 4.97. The van der Waals surface area contributed by atoms with Crippen molar-refractivity contribution in [2.75, 3.05) is 30.6 Å². The van der Waals surface area contributed by atoms with Crippen LogP contribution in [0.1, 0.15) is 11.8 Å². The van der Waals surface area contributed by atoms with Crippen LogP contribution in [0, 0.1) is 0 Å². The number of rotatable bonds is 3. The number of benzene rings is 2. The molecule has 0 aliphatic carbocycles. The number of fused-ring (bicyclic) bond motifs is 3. The lowest BCUT2D eigenvalue weighted by Crippen LogP contribution is -2.17. The molecule has 2 heterocycles. The molecule has 1 N–H and O–H groups in total. The smallest absolute Gasteiger partial charge is 0.247 e. The van der Waals surface area contributed by atoms with Crippen LogP contribution in [0.5, 0.6) is 5.88 Å². The molecule has 6 nitrogen and oxygen atoms in total. The Kier molecular flexibility index (Phi) is 4.92. The van der Waals surface area contributed by atoms with Crippen molar-refractivity contribution in [3.63, 3.8) is 0 Å². The van der Waals surface area contributed by atoms with Crippen LogP contribution in [0.2, 0.25) is 0 Å². The first kappa shape index (κ1) is 18.1. The zero-order chi connectivity index (χ0) is 19.0. The molecule has 0 amide bonds. The zero-order valence-electron chi connectivity index (χ0n) is 15.1. The highest BCUT2D eigenvalue weighted by Crippen LogP contribution is 2.40. The summed E-state index contributed by atoms with van der Waals surface area (Å²) in [5, 5.41) is 12.6. The maximum Gasteiger partial charge on any atom is 0.247 e. The molecule has 8 heteroatoms. The van der Waals surface area contributed by atoms with Crippen LogP contribution in [-0.4, -0.2) is 35.5 Å². The average Bonchev–Trinajstić information content (AvgIpc) is 2.84. The number of hydrogen-bond donors (Lipinski definition) is 1. The molecule has 1 aromatic heterocycles. The van der Waals surface area contributed by atoms with Crippen molar-refractivity contribution in [1.82, 2.24) is 15.2 Å². The predicted octanol–water partition coefficient (Wildman–Crippen LogP) is 4.59. The molecular weight excluding hydrogens is 426 g/mol. The van der Waals surface area contributed by atoms with Crippen molar-refractivity contribution in [3.8, 4) is 17.1 Å². The van der Waals surface area contributed by atoms with E-state index in [0.717, 1.165) is 27.0 Å². The molecule has 1 aliphatic rings. The Labute approximate surface area is 170 Å². The van der Waals surface area contributed by atoms with E-state index in [1.807, 2.05) is 38.6 Å². The summed E-state index contributed by atoms with van der Waals surface area (Å²) in [5.74, 6) is 0.473. The number of halogens is 1. The third-order valence-electron chi connectivity index (χ3n) is 4.28. The number of hydrogen-bond acceptors (Lipinski definition) is 7. The zero-order valence-corrected chi connectivity index (χ0v) is 17.5. The van der Waals surface area contributed by atoms with Gasteiger partial charge >= 0.3 is 0 Å². The van der Waals surface area contributed by atoms with Gasteiger partial charge in [-0.25, -0.2) is 0 Å². The van der Waals surface area contributed by atoms with Gasteiger partial charge in [-0.2, -0.15) is 4.98 Å². The largest absolute Gasteiger partial charge is 0.448 e. The van der Waals surface area contributed by atoms with Crippen molar-refractivity contribution in [2.45, 2.75) is 11.4 Å². The van der Waals surface area contributed by atoms with E-state index in [1.54, 1.807) is 0 Å². The van der Waals surface area contributed by atoms with E-state index in [2.05, 4.69) is 65.6 Å². The second-order valence-corrected chi connectivity index (χ2v) is 7.96. The second kappa shape index (κ2) is 7.36. The van der Waals surface area contributed by atoms with Gasteiger partial charge in [-0.15, -0.1) is 10.2 Å². The highest BCUT2D eigenvalue weighted by atomic mass is 79.9. The summed E-state index contributed by atoms with van der Waals surface area (Å²) in [5.41, 5.74) is 4.59. The Morgan fingerprint density at radius 1 is 1.11 bits per heavy atom. The topological polar surface area (TPSA) is 63.2 Å². The van der Waals surface area contributed by atoms with Crippen LogP contribution < -0.4 is 15.0 Å². The minimum Gasteiger partial charge on any atom is -0.448 e. The van der Waals surface area contributed by atoms with Crippen molar-refractivity contribution in [1.29, 1.82) is 0 Å². The summed E-state index contributed by atoms with van der Waals surface area (Å²) in [7, 11) is 4.04. The van der Waals surface area contributed by atoms with Crippen molar-refractivity contribution in [2.24, 2.45) is 0 Å². The third-order valence-corrected chi connectivity index (χ3v) is 5.31. The molecule has 2 aromatic carbocycles. The number of nitrogens with zero attached hydrogens (tertiary/aromatic N) is 4. The Hall–Kier alpha value is -2.32. The first-order valence-electron chi connectivity index (χ1n) is 8.34. The van der Waals surface area contributed by atoms with E-state index in [0.29, 0.717) is 16.7 Å². The first-order chi connectivity index (χ1) is 13.0. The monoisotopic (exact) mass is 443 g/mol. The van der Waals surface area contributed by atoms with Crippen LogP contribution in [0.3, 0.4) is 0 Å². The van der Waals surface area contributed by atoms with E-state index in [4.69, 9.17) is 4.74 Å². The highest BCUT2D eigenvalue weighted by Gasteiger charge is 2.26. The second-order valence-electron chi connectivity index (χ2n) is 6.27. The van der Waals surface area contributed by atoms with Gasteiger partial charge in [0.05, 0.1) is 0 Å². The van der Waals surface area contributed by atoms with Gasteiger partial charge in [0.2, 0.25) is 11.0 Å². The maximum atomic E-state index is 6.24.